The van der Waals surface area contributed by atoms with Crippen molar-refractivity contribution in [2.24, 2.45) is 0 Å². The molecule has 0 spiro atoms. The molecule has 0 amide bonds. The summed E-state index contributed by atoms with van der Waals surface area (Å²) in [6.45, 7) is -0.205. The van der Waals surface area contributed by atoms with E-state index in [9.17, 15) is 5.11 Å². The predicted molar refractivity (Wildman–Crippen MR) is 56.0 cm³/mol. The minimum atomic E-state index is -0.205. The summed E-state index contributed by atoms with van der Waals surface area (Å²) in [4.78, 5) is 0. The van der Waals surface area contributed by atoms with Gasteiger partial charge in [0.15, 0.2) is 0 Å². The standard InChI is InChI=1S/C10H11N3O2/c11-9-4-8(12-13-9)7-3-1-2-6(5-14)10(7)15/h1-4,14-15H,5H2,(H3,11,12,13). The van der Waals surface area contributed by atoms with E-state index in [0.717, 1.165) is 0 Å². The third-order valence-electron chi connectivity index (χ3n) is 2.18. The Bertz CT molecular complexity index is 479. The van der Waals surface area contributed by atoms with E-state index in [-0.39, 0.29) is 12.4 Å². The quantitative estimate of drug-likeness (QED) is 0.584. The van der Waals surface area contributed by atoms with Crippen molar-refractivity contribution in [1.29, 1.82) is 0 Å². The molecule has 1 aromatic heterocycles. The number of aromatic hydroxyl groups is 1. The first-order valence-electron chi connectivity index (χ1n) is 4.45. The molecule has 5 heteroatoms. The minimum Gasteiger partial charge on any atom is -0.507 e. The van der Waals surface area contributed by atoms with Gasteiger partial charge in [-0.1, -0.05) is 12.1 Å². The molecule has 0 aliphatic heterocycles. The SMILES string of the molecule is Nc1cc(-c2cccc(CO)c2O)[nH]n1. The van der Waals surface area contributed by atoms with Crippen molar-refractivity contribution in [2.45, 2.75) is 6.61 Å². The molecule has 15 heavy (non-hydrogen) atoms. The number of benzene rings is 1. The first kappa shape index (κ1) is 9.54. The highest BCUT2D eigenvalue weighted by Crippen LogP contribution is 2.31. The summed E-state index contributed by atoms with van der Waals surface area (Å²) < 4.78 is 0. The third kappa shape index (κ3) is 1.64. The van der Waals surface area contributed by atoms with Gasteiger partial charge in [0, 0.05) is 17.2 Å². The zero-order valence-corrected chi connectivity index (χ0v) is 7.94. The molecule has 0 atom stereocenters. The van der Waals surface area contributed by atoms with E-state index in [1.807, 2.05) is 0 Å². The number of para-hydroxylation sites is 1. The van der Waals surface area contributed by atoms with E-state index in [1.165, 1.54) is 0 Å². The molecular weight excluding hydrogens is 194 g/mol. The van der Waals surface area contributed by atoms with Gasteiger partial charge in [-0.25, -0.2) is 0 Å². The zero-order valence-electron chi connectivity index (χ0n) is 7.94. The maximum atomic E-state index is 9.80. The lowest BCUT2D eigenvalue weighted by molar-refractivity contribution is 0.275. The number of hydrogen-bond donors (Lipinski definition) is 4. The third-order valence-corrected chi connectivity index (χ3v) is 2.18. The second kappa shape index (κ2) is 3.62. The number of nitrogens with one attached hydrogen (secondary N) is 1. The number of nitrogens with two attached hydrogens (primary N) is 1. The average Bonchev–Trinajstić information content (AvgIpc) is 2.65. The van der Waals surface area contributed by atoms with Crippen LogP contribution in [0, 0.1) is 0 Å². The number of phenols is 1. The zero-order chi connectivity index (χ0) is 10.8. The van der Waals surface area contributed by atoms with Crippen molar-refractivity contribution >= 4 is 5.82 Å². The van der Waals surface area contributed by atoms with Gasteiger partial charge >= 0.3 is 0 Å². The van der Waals surface area contributed by atoms with Gasteiger partial charge in [-0.2, -0.15) is 5.10 Å². The van der Waals surface area contributed by atoms with Crippen molar-refractivity contribution in [3.05, 3.63) is 29.8 Å². The topological polar surface area (TPSA) is 95.2 Å². The van der Waals surface area contributed by atoms with Gasteiger partial charge in [0.1, 0.15) is 11.6 Å². The second-order valence-electron chi connectivity index (χ2n) is 3.18. The number of aliphatic hydroxyl groups excluding tert-OH is 1. The summed E-state index contributed by atoms with van der Waals surface area (Å²) in [7, 11) is 0. The molecule has 0 saturated carbocycles. The predicted octanol–water partition coefficient (Wildman–Crippen LogP) is 0.857. The van der Waals surface area contributed by atoms with E-state index in [4.69, 9.17) is 10.8 Å². The van der Waals surface area contributed by atoms with E-state index < -0.39 is 0 Å². The Morgan fingerprint density at radius 1 is 1.40 bits per heavy atom. The molecule has 1 aromatic carbocycles. The number of aromatic nitrogens is 2. The monoisotopic (exact) mass is 205 g/mol. The Labute approximate surface area is 86.2 Å². The second-order valence-corrected chi connectivity index (χ2v) is 3.18. The van der Waals surface area contributed by atoms with Gasteiger partial charge in [-0.3, -0.25) is 5.10 Å². The summed E-state index contributed by atoms with van der Waals surface area (Å²) >= 11 is 0. The largest absolute Gasteiger partial charge is 0.507 e. The van der Waals surface area contributed by atoms with Gasteiger partial charge in [-0.05, 0) is 6.07 Å². The van der Waals surface area contributed by atoms with Crippen LogP contribution >= 0.6 is 0 Å². The Hall–Kier alpha value is -2.01. The Morgan fingerprint density at radius 3 is 2.80 bits per heavy atom. The van der Waals surface area contributed by atoms with E-state index in [0.29, 0.717) is 22.6 Å². The molecule has 0 aliphatic carbocycles. The molecule has 2 rings (SSSR count). The van der Waals surface area contributed by atoms with Crippen LogP contribution in [0.3, 0.4) is 0 Å². The Morgan fingerprint density at radius 2 is 2.20 bits per heavy atom. The highest BCUT2D eigenvalue weighted by Gasteiger charge is 2.09. The fourth-order valence-corrected chi connectivity index (χ4v) is 1.41. The molecule has 0 bridgehead atoms. The molecule has 5 nitrogen and oxygen atoms in total. The number of aromatic amines is 1. The van der Waals surface area contributed by atoms with Crippen LogP contribution in [0.1, 0.15) is 5.56 Å². The molecule has 78 valence electrons. The van der Waals surface area contributed by atoms with Crippen molar-refractivity contribution in [2.75, 3.05) is 5.73 Å². The fourth-order valence-electron chi connectivity index (χ4n) is 1.41. The highest BCUT2D eigenvalue weighted by molar-refractivity contribution is 5.70. The lowest BCUT2D eigenvalue weighted by Gasteiger charge is -2.05. The number of hydrogen-bond acceptors (Lipinski definition) is 4. The lowest BCUT2D eigenvalue weighted by Crippen LogP contribution is -1.87. The van der Waals surface area contributed by atoms with Crippen molar-refractivity contribution in [1.82, 2.24) is 10.2 Å². The summed E-state index contributed by atoms with van der Waals surface area (Å²) in [5, 5.41) is 25.3. The van der Waals surface area contributed by atoms with Crippen LogP contribution < -0.4 is 5.73 Å². The Kier molecular flexibility index (Phi) is 2.31. The smallest absolute Gasteiger partial charge is 0.145 e. The number of nitrogen functional groups attached to an aromatic ring is 1. The molecule has 0 aliphatic rings. The van der Waals surface area contributed by atoms with Gasteiger partial charge < -0.3 is 15.9 Å². The van der Waals surface area contributed by atoms with Gasteiger partial charge in [0.05, 0.1) is 12.3 Å². The summed E-state index contributed by atoms with van der Waals surface area (Å²) in [5.41, 5.74) is 7.14. The van der Waals surface area contributed by atoms with E-state index in [1.54, 1.807) is 24.3 Å². The molecular formula is C10H11N3O2. The van der Waals surface area contributed by atoms with Crippen LogP contribution in [0.25, 0.3) is 11.3 Å². The number of nitrogens with zero attached hydrogens (tertiary/aromatic N) is 1. The molecule has 0 saturated heterocycles. The van der Waals surface area contributed by atoms with Crippen LogP contribution in [0.15, 0.2) is 24.3 Å². The first-order chi connectivity index (χ1) is 7.22. The number of H-pyrrole nitrogens is 1. The van der Waals surface area contributed by atoms with Crippen LogP contribution in [-0.4, -0.2) is 20.4 Å². The lowest BCUT2D eigenvalue weighted by atomic mass is 10.1. The number of aliphatic hydroxyl groups is 1. The van der Waals surface area contributed by atoms with Crippen molar-refractivity contribution in [3.8, 4) is 17.0 Å². The van der Waals surface area contributed by atoms with Crippen LogP contribution in [0.5, 0.6) is 5.75 Å². The van der Waals surface area contributed by atoms with Gasteiger partial charge in [0.2, 0.25) is 0 Å². The highest BCUT2D eigenvalue weighted by atomic mass is 16.3. The first-order valence-corrected chi connectivity index (χ1v) is 4.45. The van der Waals surface area contributed by atoms with Crippen LogP contribution in [-0.2, 0) is 6.61 Å². The summed E-state index contributed by atoms with van der Waals surface area (Å²) in [6, 6.07) is 6.74. The molecule has 1 heterocycles. The van der Waals surface area contributed by atoms with E-state index >= 15 is 0 Å². The van der Waals surface area contributed by atoms with Crippen LogP contribution in [0.2, 0.25) is 0 Å². The van der Waals surface area contributed by atoms with Crippen molar-refractivity contribution < 1.29 is 10.2 Å². The fraction of sp³-hybridized carbons (Fsp3) is 0.100. The molecule has 5 N–H and O–H groups in total. The maximum absolute atomic E-state index is 9.80. The van der Waals surface area contributed by atoms with Gasteiger partial charge in [-0.15, -0.1) is 0 Å². The maximum Gasteiger partial charge on any atom is 0.145 e. The number of rotatable bonds is 2. The summed E-state index contributed by atoms with van der Waals surface area (Å²) in [5.74, 6) is 0.405. The average molecular weight is 205 g/mol. The summed E-state index contributed by atoms with van der Waals surface area (Å²) in [6.07, 6.45) is 0. The van der Waals surface area contributed by atoms with Crippen molar-refractivity contribution in [3.63, 3.8) is 0 Å². The van der Waals surface area contributed by atoms with Gasteiger partial charge in [0.25, 0.3) is 0 Å². The van der Waals surface area contributed by atoms with E-state index in [2.05, 4.69) is 10.2 Å². The molecule has 0 radical (unpaired) electrons. The molecule has 0 fully saturated rings. The molecule has 0 unspecified atom stereocenters. The molecule has 2 aromatic rings. The minimum absolute atomic E-state index is 0.0450. The normalized spacial score (nSPS) is 10.5. The Balaban J connectivity index is 2.53. The van der Waals surface area contributed by atoms with Crippen LogP contribution in [0.4, 0.5) is 5.82 Å². The number of anilines is 1.